The minimum Gasteiger partial charge on any atom is -0.322 e. The summed E-state index contributed by atoms with van der Waals surface area (Å²) in [5.74, 6) is 0.366. The maximum Gasteiger partial charge on any atom is 0.416 e. The third-order valence-corrected chi connectivity index (χ3v) is 4.97. The molecule has 0 atom stereocenters. The first-order valence-electron chi connectivity index (χ1n) is 9.11. The van der Waals surface area contributed by atoms with Gasteiger partial charge >= 0.3 is 6.18 Å². The lowest BCUT2D eigenvalue weighted by molar-refractivity contribution is -0.137. The molecule has 2 aromatic carbocycles. The van der Waals surface area contributed by atoms with E-state index in [-0.39, 0.29) is 5.56 Å². The van der Waals surface area contributed by atoms with Gasteiger partial charge in [0.25, 0.3) is 5.91 Å². The van der Waals surface area contributed by atoms with Gasteiger partial charge in [0.2, 0.25) is 0 Å². The first kappa shape index (κ1) is 19.4. The number of nitrogens with one attached hydrogen (secondary N) is 1. The van der Waals surface area contributed by atoms with E-state index in [1.165, 1.54) is 30.5 Å². The summed E-state index contributed by atoms with van der Waals surface area (Å²) in [4.78, 5) is 14.6. The minimum atomic E-state index is -4.41. The molecule has 0 saturated carbocycles. The Balaban J connectivity index is 1.57. The zero-order valence-corrected chi connectivity index (χ0v) is 15.2. The number of hydrogen-bond acceptors (Lipinski definition) is 2. The molecule has 1 saturated heterocycles. The number of carbonyl (C=O) groups excluding carboxylic acids is 1. The van der Waals surface area contributed by atoms with Gasteiger partial charge in [-0.15, -0.1) is 0 Å². The fraction of sp³-hybridized carbons (Fsp3) is 0.381. The first-order valence-corrected chi connectivity index (χ1v) is 9.11. The van der Waals surface area contributed by atoms with E-state index in [4.69, 9.17) is 0 Å². The number of carbonyl (C=O) groups is 1. The molecular weight excluding hydrogens is 353 g/mol. The van der Waals surface area contributed by atoms with Crippen molar-refractivity contribution in [2.75, 3.05) is 18.4 Å². The molecule has 0 radical (unpaired) electrons. The average Bonchev–Trinajstić information content (AvgIpc) is 2.64. The summed E-state index contributed by atoms with van der Waals surface area (Å²) in [7, 11) is 0. The van der Waals surface area contributed by atoms with E-state index >= 15 is 0 Å². The van der Waals surface area contributed by atoms with Crippen LogP contribution >= 0.6 is 0 Å². The Kier molecular flexibility index (Phi) is 5.85. The Hall–Kier alpha value is -2.34. The molecule has 1 aliphatic heterocycles. The smallest absolute Gasteiger partial charge is 0.322 e. The van der Waals surface area contributed by atoms with Crippen LogP contribution in [0.25, 0.3) is 0 Å². The van der Waals surface area contributed by atoms with E-state index in [2.05, 4.69) is 17.1 Å². The molecule has 0 aliphatic carbocycles. The van der Waals surface area contributed by atoms with E-state index in [0.717, 1.165) is 37.7 Å². The number of likely N-dealkylation sites (tertiary alicyclic amines) is 1. The summed E-state index contributed by atoms with van der Waals surface area (Å²) in [6.07, 6.45) is -1.96. The SMILES string of the molecule is CC1CCN(Cc2ccc(NC(=O)c3ccc(C(F)(F)F)cc3)cc2)CC1. The second-order valence-corrected chi connectivity index (χ2v) is 7.18. The summed E-state index contributed by atoms with van der Waals surface area (Å²) < 4.78 is 37.8. The highest BCUT2D eigenvalue weighted by molar-refractivity contribution is 6.04. The number of alkyl halides is 3. The predicted molar refractivity (Wildman–Crippen MR) is 99.5 cm³/mol. The first-order chi connectivity index (χ1) is 12.8. The van der Waals surface area contributed by atoms with E-state index in [9.17, 15) is 18.0 Å². The lowest BCUT2D eigenvalue weighted by Crippen LogP contribution is -2.32. The minimum absolute atomic E-state index is 0.189. The number of hydrogen-bond donors (Lipinski definition) is 1. The third-order valence-electron chi connectivity index (χ3n) is 4.97. The molecule has 0 unspecified atom stereocenters. The van der Waals surface area contributed by atoms with Crippen molar-refractivity contribution in [3.63, 3.8) is 0 Å². The van der Waals surface area contributed by atoms with Gasteiger partial charge < -0.3 is 5.32 Å². The van der Waals surface area contributed by atoms with Gasteiger partial charge in [-0.2, -0.15) is 13.2 Å². The highest BCUT2D eigenvalue weighted by Gasteiger charge is 2.30. The number of benzene rings is 2. The van der Waals surface area contributed by atoms with Gasteiger partial charge in [0, 0.05) is 17.8 Å². The van der Waals surface area contributed by atoms with Crippen LogP contribution in [0.15, 0.2) is 48.5 Å². The molecule has 1 N–H and O–H groups in total. The number of rotatable bonds is 4. The van der Waals surface area contributed by atoms with Gasteiger partial charge in [-0.3, -0.25) is 9.69 Å². The number of piperidine rings is 1. The molecule has 0 bridgehead atoms. The summed E-state index contributed by atoms with van der Waals surface area (Å²) >= 11 is 0. The van der Waals surface area contributed by atoms with E-state index in [1.54, 1.807) is 0 Å². The molecule has 1 heterocycles. The van der Waals surface area contributed by atoms with Gasteiger partial charge in [-0.1, -0.05) is 19.1 Å². The fourth-order valence-corrected chi connectivity index (χ4v) is 3.19. The molecule has 3 nitrogen and oxygen atoms in total. The summed E-state index contributed by atoms with van der Waals surface area (Å²) in [6, 6.07) is 11.8. The van der Waals surface area contributed by atoms with Crippen LogP contribution in [0.2, 0.25) is 0 Å². The highest BCUT2D eigenvalue weighted by atomic mass is 19.4. The van der Waals surface area contributed by atoms with Crippen LogP contribution in [0.1, 0.15) is 41.3 Å². The Morgan fingerprint density at radius 2 is 1.63 bits per heavy atom. The predicted octanol–water partition coefficient (Wildman–Crippen LogP) is 5.19. The molecule has 27 heavy (non-hydrogen) atoms. The largest absolute Gasteiger partial charge is 0.416 e. The molecule has 0 aromatic heterocycles. The van der Waals surface area contributed by atoms with Crippen LogP contribution in [0.4, 0.5) is 18.9 Å². The van der Waals surface area contributed by atoms with Crippen molar-refractivity contribution >= 4 is 11.6 Å². The number of amides is 1. The summed E-state index contributed by atoms with van der Waals surface area (Å²) in [5, 5.41) is 2.72. The molecule has 6 heteroatoms. The van der Waals surface area contributed by atoms with Crippen LogP contribution in [0, 0.1) is 5.92 Å². The van der Waals surface area contributed by atoms with Crippen molar-refractivity contribution in [3.8, 4) is 0 Å². The van der Waals surface area contributed by atoms with Crippen molar-refractivity contribution in [2.24, 2.45) is 5.92 Å². The van der Waals surface area contributed by atoms with Gasteiger partial charge in [-0.05, 0) is 73.8 Å². The number of anilines is 1. The summed E-state index contributed by atoms with van der Waals surface area (Å²) in [6.45, 7) is 5.38. The van der Waals surface area contributed by atoms with Crippen molar-refractivity contribution < 1.29 is 18.0 Å². The van der Waals surface area contributed by atoms with Crippen LogP contribution in [-0.4, -0.2) is 23.9 Å². The molecule has 0 spiro atoms. The second-order valence-electron chi connectivity index (χ2n) is 7.18. The lowest BCUT2D eigenvalue weighted by Gasteiger charge is -2.30. The van der Waals surface area contributed by atoms with Gasteiger partial charge in [0.05, 0.1) is 5.56 Å². The van der Waals surface area contributed by atoms with Crippen molar-refractivity contribution in [2.45, 2.75) is 32.5 Å². The Bertz CT molecular complexity index is 762. The normalized spacial score (nSPS) is 16.3. The molecule has 1 fully saturated rings. The molecule has 2 aromatic rings. The van der Waals surface area contributed by atoms with Gasteiger partial charge in [0.15, 0.2) is 0 Å². The molecule has 1 amide bonds. The quantitative estimate of drug-likeness (QED) is 0.796. The zero-order valence-electron chi connectivity index (χ0n) is 15.2. The van der Waals surface area contributed by atoms with Crippen molar-refractivity contribution in [1.29, 1.82) is 0 Å². The lowest BCUT2D eigenvalue weighted by atomic mass is 9.99. The van der Waals surface area contributed by atoms with Crippen LogP contribution in [-0.2, 0) is 12.7 Å². The maximum absolute atomic E-state index is 12.6. The van der Waals surface area contributed by atoms with Crippen molar-refractivity contribution in [1.82, 2.24) is 4.90 Å². The Labute approximate surface area is 157 Å². The summed E-state index contributed by atoms with van der Waals surface area (Å²) in [5.41, 5.74) is 1.22. The van der Waals surface area contributed by atoms with Crippen LogP contribution < -0.4 is 5.32 Å². The molecule has 1 aliphatic rings. The Morgan fingerprint density at radius 1 is 1.04 bits per heavy atom. The maximum atomic E-state index is 12.6. The standard InChI is InChI=1S/C21H23F3N2O/c1-15-10-12-26(13-11-15)14-16-2-8-19(9-3-16)25-20(27)17-4-6-18(7-5-17)21(22,23)24/h2-9,15H,10-14H2,1H3,(H,25,27). The zero-order chi connectivity index (χ0) is 19.4. The van der Waals surface area contributed by atoms with Gasteiger partial charge in [0.1, 0.15) is 0 Å². The molecule has 144 valence electrons. The van der Waals surface area contributed by atoms with Crippen LogP contribution in [0.5, 0.6) is 0 Å². The number of halogens is 3. The monoisotopic (exact) mass is 376 g/mol. The third kappa shape index (κ3) is 5.32. The Morgan fingerprint density at radius 3 is 2.19 bits per heavy atom. The fourth-order valence-electron chi connectivity index (χ4n) is 3.19. The van der Waals surface area contributed by atoms with E-state index in [1.807, 2.05) is 24.3 Å². The van der Waals surface area contributed by atoms with Gasteiger partial charge in [-0.25, -0.2) is 0 Å². The van der Waals surface area contributed by atoms with Crippen molar-refractivity contribution in [3.05, 3.63) is 65.2 Å². The van der Waals surface area contributed by atoms with E-state index < -0.39 is 17.6 Å². The highest BCUT2D eigenvalue weighted by Crippen LogP contribution is 2.29. The topological polar surface area (TPSA) is 32.3 Å². The average molecular weight is 376 g/mol. The molecular formula is C21H23F3N2O. The van der Waals surface area contributed by atoms with E-state index in [0.29, 0.717) is 5.69 Å². The molecule has 3 rings (SSSR count). The van der Waals surface area contributed by atoms with Crippen LogP contribution in [0.3, 0.4) is 0 Å². The second kappa shape index (κ2) is 8.13. The number of nitrogens with zero attached hydrogens (tertiary/aromatic N) is 1.